The average molecular weight is 216 g/mol. The number of hydrogen-bond acceptors (Lipinski definition) is 3. The summed E-state index contributed by atoms with van der Waals surface area (Å²) in [5, 5.41) is 0. The standard InChI is InChI=1S/C12H12N2S/c1-2-6-11(7-3-1)14-15-10-12-8-4-5-9-13-12/h1-9,14H,10H2. The molecule has 0 aliphatic heterocycles. The minimum atomic E-state index is 0.871. The number of pyridine rings is 1. The van der Waals surface area contributed by atoms with Crippen LogP contribution in [0, 0.1) is 0 Å². The van der Waals surface area contributed by atoms with Crippen LogP contribution < -0.4 is 4.72 Å². The van der Waals surface area contributed by atoms with Crippen LogP contribution in [0.2, 0.25) is 0 Å². The molecule has 0 fully saturated rings. The fourth-order valence-electron chi connectivity index (χ4n) is 1.18. The first kappa shape index (κ1) is 10.1. The van der Waals surface area contributed by atoms with Crippen LogP contribution in [0.25, 0.3) is 0 Å². The number of para-hydroxylation sites is 1. The molecule has 1 aromatic carbocycles. The van der Waals surface area contributed by atoms with Crippen LogP contribution in [-0.4, -0.2) is 4.98 Å². The van der Waals surface area contributed by atoms with Crippen molar-refractivity contribution in [2.45, 2.75) is 5.75 Å². The molecular formula is C12H12N2S. The van der Waals surface area contributed by atoms with Crippen LogP contribution in [0.15, 0.2) is 54.7 Å². The lowest BCUT2D eigenvalue weighted by molar-refractivity contribution is 1.18. The molecule has 0 spiro atoms. The van der Waals surface area contributed by atoms with Crippen molar-refractivity contribution in [2.24, 2.45) is 0 Å². The Kier molecular flexibility index (Phi) is 3.63. The van der Waals surface area contributed by atoms with Gasteiger partial charge in [-0.3, -0.25) is 4.98 Å². The Balaban J connectivity index is 1.81. The third-order valence-electron chi connectivity index (χ3n) is 1.91. The van der Waals surface area contributed by atoms with E-state index in [4.69, 9.17) is 0 Å². The number of rotatable bonds is 4. The van der Waals surface area contributed by atoms with Gasteiger partial charge in [-0.15, -0.1) is 0 Å². The number of nitrogens with one attached hydrogen (secondary N) is 1. The molecule has 0 saturated heterocycles. The van der Waals surface area contributed by atoms with Gasteiger partial charge in [0.25, 0.3) is 0 Å². The van der Waals surface area contributed by atoms with Crippen molar-refractivity contribution in [3.05, 3.63) is 60.4 Å². The Hall–Kier alpha value is -1.48. The summed E-state index contributed by atoms with van der Waals surface area (Å²) in [7, 11) is 0. The van der Waals surface area contributed by atoms with Crippen molar-refractivity contribution in [2.75, 3.05) is 4.72 Å². The van der Waals surface area contributed by atoms with Crippen molar-refractivity contribution in [1.29, 1.82) is 0 Å². The Morgan fingerprint density at radius 1 is 1.00 bits per heavy atom. The summed E-state index contributed by atoms with van der Waals surface area (Å²) in [6, 6.07) is 16.1. The van der Waals surface area contributed by atoms with Crippen LogP contribution in [-0.2, 0) is 5.75 Å². The smallest absolute Gasteiger partial charge is 0.0556 e. The van der Waals surface area contributed by atoms with Crippen LogP contribution in [0.5, 0.6) is 0 Å². The van der Waals surface area contributed by atoms with Gasteiger partial charge in [-0.05, 0) is 36.2 Å². The number of aromatic nitrogens is 1. The first-order chi connectivity index (χ1) is 7.45. The highest BCUT2D eigenvalue weighted by Crippen LogP contribution is 2.14. The van der Waals surface area contributed by atoms with Crippen molar-refractivity contribution >= 4 is 17.6 Å². The van der Waals surface area contributed by atoms with E-state index in [9.17, 15) is 0 Å². The molecular weight excluding hydrogens is 204 g/mol. The lowest BCUT2D eigenvalue weighted by Gasteiger charge is -2.04. The summed E-state index contributed by atoms with van der Waals surface area (Å²) in [6.07, 6.45) is 1.82. The highest BCUT2D eigenvalue weighted by Gasteiger charge is 1.93. The summed E-state index contributed by atoms with van der Waals surface area (Å²) >= 11 is 1.65. The maximum absolute atomic E-state index is 4.25. The monoisotopic (exact) mass is 216 g/mol. The van der Waals surface area contributed by atoms with Gasteiger partial charge >= 0.3 is 0 Å². The minimum Gasteiger partial charge on any atom is -0.329 e. The summed E-state index contributed by atoms with van der Waals surface area (Å²) in [4.78, 5) is 4.25. The van der Waals surface area contributed by atoms with Gasteiger partial charge in [0, 0.05) is 11.9 Å². The first-order valence-electron chi connectivity index (χ1n) is 4.78. The van der Waals surface area contributed by atoms with E-state index in [-0.39, 0.29) is 0 Å². The number of hydrogen-bond donors (Lipinski definition) is 1. The molecule has 2 rings (SSSR count). The number of benzene rings is 1. The normalized spacial score (nSPS) is 9.87. The zero-order valence-corrected chi connectivity index (χ0v) is 9.08. The van der Waals surface area contributed by atoms with Crippen molar-refractivity contribution in [3.8, 4) is 0 Å². The lowest BCUT2D eigenvalue weighted by Crippen LogP contribution is -1.90. The predicted molar refractivity (Wildman–Crippen MR) is 65.6 cm³/mol. The second-order valence-corrected chi connectivity index (χ2v) is 3.86. The average Bonchev–Trinajstić information content (AvgIpc) is 2.32. The van der Waals surface area contributed by atoms with Gasteiger partial charge in [0.05, 0.1) is 11.4 Å². The second-order valence-electron chi connectivity index (χ2n) is 3.08. The van der Waals surface area contributed by atoms with E-state index in [1.807, 2.05) is 54.7 Å². The third-order valence-corrected chi connectivity index (χ3v) is 2.73. The SMILES string of the molecule is c1ccc(NSCc2ccccn2)cc1. The molecule has 15 heavy (non-hydrogen) atoms. The van der Waals surface area contributed by atoms with E-state index in [0.29, 0.717) is 0 Å². The van der Waals surface area contributed by atoms with Crippen LogP contribution in [0.3, 0.4) is 0 Å². The minimum absolute atomic E-state index is 0.871. The highest BCUT2D eigenvalue weighted by atomic mass is 32.2. The van der Waals surface area contributed by atoms with E-state index in [1.54, 1.807) is 11.9 Å². The molecule has 2 aromatic rings. The predicted octanol–water partition coefficient (Wildman–Crippen LogP) is 3.34. The van der Waals surface area contributed by atoms with E-state index < -0.39 is 0 Å². The van der Waals surface area contributed by atoms with E-state index in [2.05, 4.69) is 9.71 Å². The topological polar surface area (TPSA) is 24.9 Å². The van der Waals surface area contributed by atoms with Crippen molar-refractivity contribution in [1.82, 2.24) is 4.98 Å². The molecule has 76 valence electrons. The zero-order chi connectivity index (χ0) is 10.3. The lowest BCUT2D eigenvalue weighted by atomic mass is 10.3. The molecule has 0 aliphatic carbocycles. The van der Waals surface area contributed by atoms with Crippen LogP contribution >= 0.6 is 11.9 Å². The Morgan fingerprint density at radius 2 is 1.80 bits per heavy atom. The highest BCUT2D eigenvalue weighted by molar-refractivity contribution is 7.99. The quantitative estimate of drug-likeness (QED) is 0.793. The molecule has 0 bridgehead atoms. The van der Waals surface area contributed by atoms with Gasteiger partial charge in [0.1, 0.15) is 0 Å². The van der Waals surface area contributed by atoms with Gasteiger partial charge in [-0.1, -0.05) is 24.3 Å². The molecule has 0 amide bonds. The number of anilines is 1. The summed E-state index contributed by atoms with van der Waals surface area (Å²) in [5.41, 5.74) is 2.21. The van der Waals surface area contributed by atoms with Crippen molar-refractivity contribution < 1.29 is 0 Å². The molecule has 1 N–H and O–H groups in total. The first-order valence-corrected chi connectivity index (χ1v) is 5.76. The zero-order valence-electron chi connectivity index (χ0n) is 8.26. The summed E-state index contributed by atoms with van der Waals surface area (Å²) in [5.74, 6) is 0.871. The fraction of sp³-hybridized carbons (Fsp3) is 0.0833. The fourth-order valence-corrected chi connectivity index (χ4v) is 1.88. The van der Waals surface area contributed by atoms with Gasteiger partial charge in [0.15, 0.2) is 0 Å². The van der Waals surface area contributed by atoms with Crippen LogP contribution in [0.1, 0.15) is 5.69 Å². The van der Waals surface area contributed by atoms with Gasteiger partial charge in [-0.25, -0.2) is 0 Å². The molecule has 0 saturated carbocycles. The van der Waals surface area contributed by atoms with Gasteiger partial charge in [0.2, 0.25) is 0 Å². The summed E-state index contributed by atoms with van der Waals surface area (Å²) < 4.78 is 3.27. The molecule has 0 atom stereocenters. The summed E-state index contributed by atoms with van der Waals surface area (Å²) in [6.45, 7) is 0. The molecule has 2 nitrogen and oxygen atoms in total. The maximum atomic E-state index is 4.25. The number of nitrogens with zero attached hydrogens (tertiary/aromatic N) is 1. The van der Waals surface area contributed by atoms with E-state index in [1.165, 1.54) is 0 Å². The molecule has 0 aliphatic rings. The van der Waals surface area contributed by atoms with Crippen LogP contribution in [0.4, 0.5) is 5.69 Å². The Labute approximate surface area is 93.9 Å². The molecule has 0 unspecified atom stereocenters. The Bertz CT molecular complexity index is 349. The van der Waals surface area contributed by atoms with E-state index in [0.717, 1.165) is 17.1 Å². The Morgan fingerprint density at radius 3 is 2.53 bits per heavy atom. The van der Waals surface area contributed by atoms with Gasteiger partial charge < -0.3 is 4.72 Å². The third kappa shape index (κ3) is 3.29. The molecule has 0 radical (unpaired) electrons. The molecule has 1 aromatic heterocycles. The second kappa shape index (κ2) is 5.41. The maximum Gasteiger partial charge on any atom is 0.0556 e. The van der Waals surface area contributed by atoms with E-state index >= 15 is 0 Å². The molecule has 3 heteroatoms. The molecule has 1 heterocycles. The van der Waals surface area contributed by atoms with Gasteiger partial charge in [-0.2, -0.15) is 0 Å². The largest absolute Gasteiger partial charge is 0.329 e. The van der Waals surface area contributed by atoms with Crippen molar-refractivity contribution in [3.63, 3.8) is 0 Å².